The zero-order valence-corrected chi connectivity index (χ0v) is 22.8. The molecule has 0 N–H and O–H groups in total. The zero-order valence-electron chi connectivity index (χ0n) is 22.8. The van der Waals surface area contributed by atoms with Gasteiger partial charge in [0, 0.05) is 10.9 Å². The molecule has 10 rings (SSSR count). The Bertz CT molecular complexity index is 2230. The van der Waals surface area contributed by atoms with E-state index in [0.717, 1.165) is 17.1 Å². The maximum absolute atomic E-state index is 6.37. The Labute approximate surface area is 244 Å². The van der Waals surface area contributed by atoms with Crippen molar-refractivity contribution in [3.8, 4) is 56.0 Å². The van der Waals surface area contributed by atoms with Gasteiger partial charge in [0.1, 0.15) is 11.5 Å². The molecule has 1 heterocycles. The lowest BCUT2D eigenvalue weighted by Gasteiger charge is -2.32. The predicted molar refractivity (Wildman–Crippen MR) is 171 cm³/mol. The molecule has 0 atom stereocenters. The molecule has 194 valence electrons. The van der Waals surface area contributed by atoms with Gasteiger partial charge in [0.25, 0.3) is 0 Å². The summed E-state index contributed by atoms with van der Waals surface area (Å²) >= 11 is 0. The number of hydrogen-bond donors (Lipinski definition) is 0. The molecule has 0 aromatic heterocycles. The van der Waals surface area contributed by atoms with E-state index >= 15 is 0 Å². The Morgan fingerprint density at radius 2 is 0.905 bits per heavy atom. The Balaban J connectivity index is 1.35. The van der Waals surface area contributed by atoms with Crippen molar-refractivity contribution in [2.45, 2.75) is 5.41 Å². The molecule has 2 aliphatic carbocycles. The third-order valence-electron chi connectivity index (χ3n) is 9.66. The van der Waals surface area contributed by atoms with Gasteiger partial charge in [-0.05, 0) is 90.8 Å². The van der Waals surface area contributed by atoms with Crippen LogP contribution >= 0.6 is 0 Å². The van der Waals surface area contributed by atoms with Gasteiger partial charge in [-0.2, -0.15) is 0 Å². The van der Waals surface area contributed by atoms with E-state index in [1.165, 1.54) is 72.0 Å². The summed E-state index contributed by atoms with van der Waals surface area (Å²) in [5.41, 5.74) is 15.3. The van der Waals surface area contributed by atoms with Crippen molar-refractivity contribution in [3.05, 3.63) is 168 Å². The number of ether oxygens (including phenoxy) is 1. The summed E-state index contributed by atoms with van der Waals surface area (Å²) in [5, 5.41) is 2.38. The van der Waals surface area contributed by atoms with Crippen molar-refractivity contribution < 1.29 is 4.74 Å². The molecular weight excluding hydrogens is 508 g/mol. The van der Waals surface area contributed by atoms with Crippen molar-refractivity contribution in [2.24, 2.45) is 0 Å². The van der Waals surface area contributed by atoms with Crippen molar-refractivity contribution >= 4 is 10.8 Å². The van der Waals surface area contributed by atoms with Crippen LogP contribution in [0.5, 0.6) is 11.5 Å². The molecule has 1 spiro atoms. The molecule has 3 aliphatic rings. The van der Waals surface area contributed by atoms with Gasteiger partial charge in [-0.15, -0.1) is 0 Å². The largest absolute Gasteiger partial charge is 0.456 e. The first-order chi connectivity index (χ1) is 20.8. The number of benzene rings is 7. The molecule has 1 aliphatic heterocycles. The van der Waals surface area contributed by atoms with Crippen LogP contribution < -0.4 is 4.74 Å². The Hall–Kier alpha value is -5.40. The molecule has 0 saturated carbocycles. The monoisotopic (exact) mass is 532 g/mol. The van der Waals surface area contributed by atoms with E-state index in [1.54, 1.807) is 0 Å². The highest BCUT2D eigenvalue weighted by molar-refractivity contribution is 6.07. The van der Waals surface area contributed by atoms with E-state index in [0.29, 0.717) is 0 Å². The van der Waals surface area contributed by atoms with Gasteiger partial charge >= 0.3 is 0 Å². The van der Waals surface area contributed by atoms with E-state index in [1.807, 2.05) is 6.07 Å². The SMILES string of the molecule is c1ccc2c(c1)Oc1cccc3cc(-c4cccc5c4C4(c6ccccc6-c6ccccc64)c4ccccc4-5)cc-2c13. The van der Waals surface area contributed by atoms with Crippen LogP contribution in [-0.4, -0.2) is 0 Å². The average Bonchev–Trinajstić information content (AvgIpc) is 3.52. The van der Waals surface area contributed by atoms with E-state index in [2.05, 4.69) is 140 Å². The van der Waals surface area contributed by atoms with Gasteiger partial charge in [0.15, 0.2) is 0 Å². The summed E-state index contributed by atoms with van der Waals surface area (Å²) in [4.78, 5) is 0. The minimum Gasteiger partial charge on any atom is -0.456 e. The van der Waals surface area contributed by atoms with Crippen LogP contribution in [0.25, 0.3) is 55.3 Å². The third-order valence-corrected chi connectivity index (χ3v) is 9.66. The first-order valence-corrected chi connectivity index (χ1v) is 14.6. The van der Waals surface area contributed by atoms with Crippen molar-refractivity contribution in [2.75, 3.05) is 0 Å². The van der Waals surface area contributed by atoms with Gasteiger partial charge in [0.2, 0.25) is 0 Å². The summed E-state index contributed by atoms with van der Waals surface area (Å²) < 4.78 is 6.37. The Kier molecular flexibility index (Phi) is 4.18. The van der Waals surface area contributed by atoms with Crippen LogP contribution in [0, 0.1) is 0 Å². The molecule has 42 heavy (non-hydrogen) atoms. The molecular formula is C41H24O. The number of hydrogen-bond acceptors (Lipinski definition) is 1. The molecule has 0 fully saturated rings. The zero-order chi connectivity index (χ0) is 27.4. The Morgan fingerprint density at radius 1 is 0.381 bits per heavy atom. The average molecular weight is 533 g/mol. The second-order valence-electron chi connectivity index (χ2n) is 11.6. The second-order valence-corrected chi connectivity index (χ2v) is 11.6. The minimum atomic E-state index is -0.384. The topological polar surface area (TPSA) is 9.23 Å². The molecule has 0 saturated heterocycles. The molecule has 0 unspecified atom stereocenters. The summed E-state index contributed by atoms with van der Waals surface area (Å²) in [6.07, 6.45) is 0. The van der Waals surface area contributed by atoms with E-state index in [-0.39, 0.29) is 5.41 Å². The maximum atomic E-state index is 6.37. The quantitative estimate of drug-likeness (QED) is 0.204. The van der Waals surface area contributed by atoms with Crippen molar-refractivity contribution in [3.63, 3.8) is 0 Å². The lowest BCUT2D eigenvalue weighted by Crippen LogP contribution is -2.26. The Morgan fingerprint density at radius 3 is 1.62 bits per heavy atom. The lowest BCUT2D eigenvalue weighted by molar-refractivity contribution is 0.487. The second kappa shape index (κ2) is 7.87. The summed E-state index contributed by atoms with van der Waals surface area (Å²) in [6, 6.07) is 53.5. The predicted octanol–water partition coefficient (Wildman–Crippen LogP) is 10.6. The van der Waals surface area contributed by atoms with Crippen molar-refractivity contribution in [1.82, 2.24) is 0 Å². The fourth-order valence-corrected chi connectivity index (χ4v) is 8.14. The molecule has 7 aromatic carbocycles. The summed E-state index contributed by atoms with van der Waals surface area (Å²) in [7, 11) is 0. The van der Waals surface area contributed by atoms with Crippen LogP contribution in [0.1, 0.15) is 22.3 Å². The fourth-order valence-electron chi connectivity index (χ4n) is 8.14. The van der Waals surface area contributed by atoms with Gasteiger partial charge < -0.3 is 4.74 Å². The molecule has 1 heteroatoms. The number of rotatable bonds is 1. The molecule has 7 aromatic rings. The smallest absolute Gasteiger partial charge is 0.135 e. The summed E-state index contributed by atoms with van der Waals surface area (Å²) in [6.45, 7) is 0. The highest BCUT2D eigenvalue weighted by atomic mass is 16.5. The van der Waals surface area contributed by atoms with Crippen LogP contribution in [0.15, 0.2) is 146 Å². The van der Waals surface area contributed by atoms with Crippen LogP contribution in [-0.2, 0) is 5.41 Å². The number of para-hydroxylation sites is 1. The van der Waals surface area contributed by atoms with Crippen LogP contribution in [0.4, 0.5) is 0 Å². The standard InChI is InChI=1S/C41H24O/c1-5-18-34-28(12-1)29-13-2-6-19-35(29)41(34)36-20-7-3-14-30(36)32-17-10-16-27(40(32)41)26-23-25-11-9-22-38-39(25)33(24-26)31-15-4-8-21-37(31)42-38/h1-24H. The van der Waals surface area contributed by atoms with Crippen LogP contribution in [0.3, 0.4) is 0 Å². The van der Waals surface area contributed by atoms with Crippen molar-refractivity contribution in [1.29, 1.82) is 0 Å². The molecule has 0 bridgehead atoms. The van der Waals surface area contributed by atoms with E-state index in [4.69, 9.17) is 4.74 Å². The lowest BCUT2D eigenvalue weighted by atomic mass is 9.68. The van der Waals surface area contributed by atoms with Crippen LogP contribution in [0.2, 0.25) is 0 Å². The molecule has 0 radical (unpaired) electrons. The maximum Gasteiger partial charge on any atom is 0.135 e. The van der Waals surface area contributed by atoms with Gasteiger partial charge in [-0.25, -0.2) is 0 Å². The highest BCUT2D eigenvalue weighted by Crippen LogP contribution is 2.64. The molecule has 0 amide bonds. The highest BCUT2D eigenvalue weighted by Gasteiger charge is 2.52. The fraction of sp³-hybridized carbons (Fsp3) is 0.0244. The van der Waals surface area contributed by atoms with Gasteiger partial charge in [-0.3, -0.25) is 0 Å². The molecule has 1 nitrogen and oxygen atoms in total. The first kappa shape index (κ1) is 22.3. The first-order valence-electron chi connectivity index (χ1n) is 14.6. The van der Waals surface area contributed by atoms with Gasteiger partial charge in [0.05, 0.1) is 5.41 Å². The van der Waals surface area contributed by atoms with E-state index in [9.17, 15) is 0 Å². The number of fused-ring (bicyclic) bond motifs is 12. The minimum absolute atomic E-state index is 0.384. The third kappa shape index (κ3) is 2.60. The van der Waals surface area contributed by atoms with E-state index < -0.39 is 0 Å². The normalized spacial score (nSPS) is 14.1. The summed E-state index contributed by atoms with van der Waals surface area (Å²) in [5.74, 6) is 1.84. The van der Waals surface area contributed by atoms with Gasteiger partial charge in [-0.1, -0.05) is 121 Å².